The lowest BCUT2D eigenvalue weighted by atomic mass is 10.2. The smallest absolute Gasteiger partial charge is 0.467 e. The Hall–Kier alpha value is -2.40. The van der Waals surface area contributed by atoms with Crippen molar-refractivity contribution in [1.82, 2.24) is 19.5 Å². The molecule has 0 saturated carbocycles. The Morgan fingerprint density at radius 3 is 2.92 bits per heavy atom. The summed E-state index contributed by atoms with van der Waals surface area (Å²) in [6, 6.07) is 0. The second-order valence-corrected chi connectivity index (χ2v) is 6.60. The van der Waals surface area contributed by atoms with Crippen LogP contribution < -0.4 is 11.3 Å². The number of rotatable bonds is 5. The number of nitrogens with zero attached hydrogens (tertiary/aromatic N) is 3. The Morgan fingerprint density at radius 2 is 2.28 bits per heavy atom. The summed E-state index contributed by atoms with van der Waals surface area (Å²) in [5.74, 6) is -0.213. The molecule has 0 bridgehead atoms. The molecule has 1 aliphatic rings. The zero-order valence-corrected chi connectivity index (χ0v) is 14.1. The molecule has 0 fully saturated rings. The number of aliphatic hydroxyl groups is 1. The summed E-state index contributed by atoms with van der Waals surface area (Å²) in [6.07, 6.45) is -1.05. The van der Waals surface area contributed by atoms with Gasteiger partial charge in [0.05, 0.1) is 0 Å². The number of H-pyrrole nitrogens is 1. The molecule has 0 aliphatic carbocycles. The first-order valence-corrected chi connectivity index (χ1v) is 8.65. The van der Waals surface area contributed by atoms with Crippen LogP contribution in [0.3, 0.4) is 0 Å². The van der Waals surface area contributed by atoms with Crippen LogP contribution in [0.4, 0.5) is 5.95 Å². The number of nitrogens with one attached hydrogen (secondary N) is 1. The largest absolute Gasteiger partial charge is 0.527 e. The first kappa shape index (κ1) is 17.4. The Balaban J connectivity index is 2.01. The summed E-state index contributed by atoms with van der Waals surface area (Å²) in [6.45, 7) is 1.70. The number of fused-ring (bicyclic) bond motifs is 1. The van der Waals surface area contributed by atoms with Gasteiger partial charge in [-0.1, -0.05) is 6.92 Å². The fourth-order valence-corrected chi connectivity index (χ4v) is 2.96. The highest BCUT2D eigenvalue weighted by atomic mass is 31.2. The van der Waals surface area contributed by atoms with Gasteiger partial charge >= 0.3 is 7.82 Å². The molecular formula is C12H16N5O7P. The average Bonchev–Trinajstić information content (AvgIpc) is 3.09. The number of ether oxygens (including phenoxy) is 1. The molecule has 1 aliphatic heterocycles. The molecule has 0 amide bonds. The van der Waals surface area contributed by atoms with Gasteiger partial charge in [0.15, 0.2) is 23.0 Å². The van der Waals surface area contributed by atoms with E-state index in [-0.39, 0.29) is 35.1 Å². The maximum Gasteiger partial charge on any atom is 0.527 e. The lowest BCUT2D eigenvalue weighted by Crippen LogP contribution is -2.23. The third-order valence-electron chi connectivity index (χ3n) is 3.57. The van der Waals surface area contributed by atoms with E-state index in [4.69, 9.17) is 15.0 Å². The van der Waals surface area contributed by atoms with Crippen molar-refractivity contribution in [1.29, 1.82) is 0 Å². The molecule has 3 heterocycles. The van der Waals surface area contributed by atoms with E-state index in [0.29, 0.717) is 0 Å². The summed E-state index contributed by atoms with van der Waals surface area (Å²) in [7, 11) is -3.40. The van der Waals surface area contributed by atoms with Gasteiger partial charge in [-0.05, 0) is 0 Å². The van der Waals surface area contributed by atoms with Crippen LogP contribution in [0.2, 0.25) is 0 Å². The quantitative estimate of drug-likeness (QED) is 0.521. The van der Waals surface area contributed by atoms with Gasteiger partial charge < -0.3 is 20.1 Å². The average molecular weight is 373 g/mol. The predicted octanol–water partition coefficient (Wildman–Crippen LogP) is -0.0235. The van der Waals surface area contributed by atoms with E-state index in [2.05, 4.69) is 19.5 Å². The van der Waals surface area contributed by atoms with Gasteiger partial charge in [-0.2, -0.15) is 4.98 Å². The van der Waals surface area contributed by atoms with Crippen molar-refractivity contribution in [2.75, 3.05) is 12.8 Å². The number of phosphoric ester groups is 1. The van der Waals surface area contributed by atoms with Crippen molar-refractivity contribution >= 4 is 24.9 Å². The van der Waals surface area contributed by atoms with E-state index in [1.165, 1.54) is 10.9 Å². The maximum atomic E-state index is 11.8. The molecule has 0 saturated heterocycles. The number of aliphatic hydroxyl groups excluding tert-OH is 1. The van der Waals surface area contributed by atoms with E-state index >= 15 is 0 Å². The molecule has 13 heteroatoms. The second kappa shape index (κ2) is 6.15. The topological polar surface area (TPSA) is 175 Å². The zero-order chi connectivity index (χ0) is 18.4. The Labute approximate surface area is 140 Å². The minimum absolute atomic E-state index is 0.00198. The molecule has 0 radical (unpaired) electrons. The minimum atomic E-state index is -4.39. The summed E-state index contributed by atoms with van der Waals surface area (Å²) in [5, 5.41) is 10.5. The summed E-state index contributed by atoms with van der Waals surface area (Å²) in [4.78, 5) is 31.6. The lowest BCUT2D eigenvalue weighted by Gasteiger charge is -2.18. The van der Waals surface area contributed by atoms with E-state index < -0.39 is 25.7 Å². The molecule has 25 heavy (non-hydrogen) atoms. The van der Waals surface area contributed by atoms with Crippen LogP contribution in [-0.2, 0) is 18.3 Å². The normalized spacial score (nSPS) is 22.9. The van der Waals surface area contributed by atoms with Gasteiger partial charge in [-0.25, -0.2) is 9.55 Å². The highest BCUT2D eigenvalue weighted by Gasteiger charge is 2.42. The van der Waals surface area contributed by atoms with Gasteiger partial charge in [0, 0.05) is 13.5 Å². The number of allylic oxidation sites excluding steroid dienone is 1. The van der Waals surface area contributed by atoms with Crippen molar-refractivity contribution in [3.05, 3.63) is 28.2 Å². The fraction of sp³-hybridized carbons (Fsp3) is 0.417. The molecule has 12 nitrogen and oxygen atoms in total. The van der Waals surface area contributed by atoms with E-state index in [9.17, 15) is 19.4 Å². The monoisotopic (exact) mass is 373 g/mol. The highest BCUT2D eigenvalue weighted by molar-refractivity contribution is 7.47. The van der Waals surface area contributed by atoms with E-state index in [0.717, 1.165) is 7.11 Å². The van der Waals surface area contributed by atoms with Crippen molar-refractivity contribution in [3.63, 3.8) is 0 Å². The van der Waals surface area contributed by atoms with Gasteiger partial charge in [0.2, 0.25) is 12.2 Å². The van der Waals surface area contributed by atoms with Crippen LogP contribution in [0.5, 0.6) is 0 Å². The molecular weight excluding hydrogens is 357 g/mol. The number of aromatic amines is 1. The van der Waals surface area contributed by atoms with Gasteiger partial charge in [0.25, 0.3) is 5.56 Å². The van der Waals surface area contributed by atoms with Crippen LogP contribution in [-0.4, -0.2) is 42.7 Å². The Morgan fingerprint density at radius 1 is 1.56 bits per heavy atom. The summed E-state index contributed by atoms with van der Waals surface area (Å²) in [5.41, 5.74) is 5.07. The lowest BCUT2D eigenvalue weighted by molar-refractivity contribution is -0.00753. The number of nitrogens with two attached hydrogens (primary N) is 1. The molecule has 0 spiro atoms. The predicted molar refractivity (Wildman–Crippen MR) is 83.9 cm³/mol. The van der Waals surface area contributed by atoms with E-state index in [1.807, 2.05) is 0 Å². The minimum Gasteiger partial charge on any atom is -0.467 e. The van der Waals surface area contributed by atoms with Crippen molar-refractivity contribution < 1.29 is 28.3 Å². The summed E-state index contributed by atoms with van der Waals surface area (Å²) >= 11 is 0. The number of hydrogen-bond donors (Lipinski definition) is 4. The third-order valence-corrected chi connectivity index (χ3v) is 4.46. The number of imidazole rings is 1. The van der Waals surface area contributed by atoms with E-state index in [1.54, 1.807) is 6.92 Å². The molecule has 5 N–H and O–H groups in total. The van der Waals surface area contributed by atoms with Crippen LogP contribution >= 0.6 is 7.82 Å². The van der Waals surface area contributed by atoms with Crippen molar-refractivity contribution in [2.45, 2.75) is 25.7 Å². The highest BCUT2D eigenvalue weighted by Crippen LogP contribution is 2.49. The SMILES string of the molecule is CCC1=C(OP(=O)(O)OC)C(O)[C@H](n2cnc3c(=O)[nH]c(N)nc32)O1. The van der Waals surface area contributed by atoms with Gasteiger partial charge in [-0.3, -0.25) is 23.8 Å². The number of hydrogen-bond acceptors (Lipinski definition) is 9. The maximum absolute atomic E-state index is 11.8. The van der Waals surface area contributed by atoms with Crippen molar-refractivity contribution in [2.24, 2.45) is 0 Å². The van der Waals surface area contributed by atoms with Gasteiger partial charge in [-0.15, -0.1) is 0 Å². The molecule has 3 rings (SSSR count). The summed E-state index contributed by atoms with van der Waals surface area (Å²) < 4.78 is 27.8. The first-order chi connectivity index (χ1) is 11.8. The number of phosphoric acid groups is 1. The van der Waals surface area contributed by atoms with Gasteiger partial charge in [0.1, 0.15) is 12.1 Å². The second-order valence-electron chi connectivity index (χ2n) is 5.11. The third kappa shape index (κ3) is 3.00. The number of nitrogen functional groups attached to an aromatic ring is 1. The first-order valence-electron chi connectivity index (χ1n) is 7.15. The Bertz CT molecular complexity index is 951. The molecule has 3 atom stereocenters. The molecule has 136 valence electrons. The standard InChI is InChI=1S/C12H16N5O7P/c1-3-5-8(24-25(20,21)22-2)7(18)11(23-5)17-4-14-6-9(17)15-12(13)16-10(6)19/h4,7,11,18H,3H2,1-2H3,(H,20,21)(H3,13,15,16,19)/t7?,11-/m1/s1. The van der Waals surface area contributed by atoms with Crippen molar-refractivity contribution in [3.8, 4) is 0 Å². The number of anilines is 1. The van der Waals surface area contributed by atoms with Crippen LogP contribution in [0.1, 0.15) is 19.6 Å². The number of aromatic nitrogens is 4. The molecule has 2 unspecified atom stereocenters. The Kier molecular flexibility index (Phi) is 4.29. The molecule has 2 aromatic rings. The zero-order valence-electron chi connectivity index (χ0n) is 13.2. The molecule has 2 aromatic heterocycles. The fourth-order valence-electron chi connectivity index (χ4n) is 2.42. The van der Waals surface area contributed by atoms with Crippen LogP contribution in [0.25, 0.3) is 11.2 Å². The molecule has 0 aromatic carbocycles. The van der Waals surface area contributed by atoms with Crippen LogP contribution in [0.15, 0.2) is 22.6 Å². The van der Waals surface area contributed by atoms with Crippen LogP contribution in [0, 0.1) is 0 Å².